The third kappa shape index (κ3) is 2.72. The quantitative estimate of drug-likeness (QED) is 0.512. The summed E-state index contributed by atoms with van der Waals surface area (Å²) in [5.74, 6) is 0.641. The van der Waals surface area contributed by atoms with Crippen molar-refractivity contribution in [3.63, 3.8) is 0 Å². The molecule has 2 heterocycles. The summed E-state index contributed by atoms with van der Waals surface area (Å²) in [6.45, 7) is 0. The average Bonchev–Trinajstić information content (AvgIpc) is 3.38. The number of rotatable bonds is 4. The van der Waals surface area contributed by atoms with Crippen LogP contribution < -0.4 is 11.1 Å². The highest BCUT2D eigenvalue weighted by molar-refractivity contribution is 9.10. The molecule has 1 aromatic carbocycles. The van der Waals surface area contributed by atoms with Crippen molar-refractivity contribution in [1.82, 2.24) is 15.0 Å². The average molecular weight is 459 g/mol. The zero-order valence-electron chi connectivity index (χ0n) is 14.7. The molecule has 2 aromatic heterocycles. The molecule has 0 spiro atoms. The van der Waals surface area contributed by atoms with Crippen molar-refractivity contribution in [2.24, 2.45) is 23.5 Å². The fourth-order valence-electron chi connectivity index (χ4n) is 4.43. The van der Waals surface area contributed by atoms with Crippen molar-refractivity contribution in [2.75, 3.05) is 5.32 Å². The third-order valence-corrected chi connectivity index (χ3v) is 6.63. The lowest BCUT2D eigenvalue weighted by Crippen LogP contribution is -2.41. The molecule has 4 atom stereocenters. The van der Waals surface area contributed by atoms with Crippen LogP contribution in [0.2, 0.25) is 5.02 Å². The second kappa shape index (κ2) is 6.60. The molecule has 28 heavy (non-hydrogen) atoms. The first-order valence-electron chi connectivity index (χ1n) is 9.06. The maximum Gasteiger partial charge on any atom is 0.223 e. The Morgan fingerprint density at radius 1 is 1.29 bits per heavy atom. The van der Waals surface area contributed by atoms with Gasteiger partial charge in [0.2, 0.25) is 5.91 Å². The molecule has 142 valence electrons. The van der Waals surface area contributed by atoms with Crippen molar-refractivity contribution in [3.05, 3.63) is 52.1 Å². The van der Waals surface area contributed by atoms with Crippen LogP contribution in [0.4, 0.5) is 5.69 Å². The number of imidazole rings is 1. The maximum absolute atomic E-state index is 12.1. The van der Waals surface area contributed by atoms with Crippen molar-refractivity contribution in [3.8, 4) is 11.4 Å². The van der Waals surface area contributed by atoms with Gasteiger partial charge in [-0.05, 0) is 46.3 Å². The molecule has 4 N–H and O–H groups in total. The Balaban J connectivity index is 1.58. The number of hydrogen-bond donors (Lipinski definition) is 3. The van der Waals surface area contributed by atoms with E-state index in [-0.39, 0.29) is 29.7 Å². The molecule has 3 aromatic rings. The van der Waals surface area contributed by atoms with Gasteiger partial charge in [0.15, 0.2) is 5.65 Å². The zero-order chi connectivity index (χ0) is 19.4. The fourth-order valence-corrected chi connectivity index (χ4v) is 5.07. The van der Waals surface area contributed by atoms with Crippen molar-refractivity contribution >= 4 is 50.3 Å². The molecule has 1 saturated carbocycles. The minimum atomic E-state index is -0.267. The molecule has 1 unspecified atom stereocenters. The van der Waals surface area contributed by atoms with Gasteiger partial charge < -0.3 is 16.0 Å². The van der Waals surface area contributed by atoms with E-state index in [1.807, 2.05) is 24.3 Å². The fraction of sp³-hybridized carbons (Fsp3) is 0.250. The van der Waals surface area contributed by atoms with Crippen molar-refractivity contribution in [1.29, 1.82) is 0 Å². The highest BCUT2D eigenvalue weighted by Gasteiger charge is 2.47. The van der Waals surface area contributed by atoms with Crippen LogP contribution in [0.25, 0.3) is 22.6 Å². The number of pyridine rings is 1. The Labute approximate surface area is 174 Å². The summed E-state index contributed by atoms with van der Waals surface area (Å²) >= 11 is 9.91. The van der Waals surface area contributed by atoms with Gasteiger partial charge in [-0.3, -0.25) is 4.79 Å². The minimum absolute atomic E-state index is 0.0542. The standard InChI is InChI=1S/C20H17BrClN5O/c21-12-8-24-20-17(26-19(27-20)11-3-1-2-4-13(11)22)16(12)25-15-10-6-5-9(7-10)14(15)18(23)28/h1-6,8-10,14-15H,7H2,(H2,23,28)(H2,24,25,26,27)/t9-,10+,14?,15-/m1/s1. The zero-order valence-corrected chi connectivity index (χ0v) is 17.0. The number of nitrogens with two attached hydrogens (primary N) is 1. The predicted molar refractivity (Wildman–Crippen MR) is 113 cm³/mol. The van der Waals surface area contributed by atoms with E-state index in [0.717, 1.165) is 27.7 Å². The van der Waals surface area contributed by atoms with Gasteiger partial charge in [-0.15, -0.1) is 0 Å². The number of nitrogens with one attached hydrogen (secondary N) is 2. The van der Waals surface area contributed by atoms with E-state index in [0.29, 0.717) is 16.5 Å². The lowest BCUT2D eigenvalue weighted by molar-refractivity contribution is -0.122. The normalized spacial score (nSPS) is 25.5. The van der Waals surface area contributed by atoms with Crippen LogP contribution in [0, 0.1) is 17.8 Å². The Bertz CT molecular complexity index is 1130. The van der Waals surface area contributed by atoms with Gasteiger partial charge in [-0.2, -0.15) is 0 Å². The number of nitrogens with zero attached hydrogens (tertiary/aromatic N) is 2. The number of carbonyl (C=O) groups excluding carboxylic acids is 1. The van der Waals surface area contributed by atoms with Crippen molar-refractivity contribution < 1.29 is 4.79 Å². The third-order valence-electron chi connectivity index (χ3n) is 5.70. The summed E-state index contributed by atoms with van der Waals surface area (Å²) < 4.78 is 0.796. The number of amides is 1. The van der Waals surface area contributed by atoms with Gasteiger partial charge in [-0.25, -0.2) is 9.97 Å². The maximum atomic E-state index is 12.1. The molecule has 2 aliphatic rings. The summed E-state index contributed by atoms with van der Waals surface area (Å²) in [5, 5.41) is 4.16. The number of hydrogen-bond acceptors (Lipinski definition) is 4. The molecule has 0 radical (unpaired) electrons. The molecule has 0 aliphatic heterocycles. The van der Waals surface area contributed by atoms with Gasteiger partial charge in [0.25, 0.3) is 0 Å². The molecule has 6 nitrogen and oxygen atoms in total. The number of H-pyrrole nitrogens is 1. The van der Waals surface area contributed by atoms with Crippen LogP contribution in [0.15, 0.2) is 47.1 Å². The molecule has 1 amide bonds. The van der Waals surface area contributed by atoms with Gasteiger partial charge in [-0.1, -0.05) is 35.9 Å². The number of aromatic amines is 1. The van der Waals surface area contributed by atoms with Crippen LogP contribution in [0.1, 0.15) is 6.42 Å². The first-order valence-corrected chi connectivity index (χ1v) is 10.2. The Hall–Kier alpha value is -2.38. The molecule has 8 heteroatoms. The number of primary amides is 1. The number of allylic oxidation sites excluding steroid dienone is 1. The molecular weight excluding hydrogens is 442 g/mol. The van der Waals surface area contributed by atoms with Gasteiger partial charge in [0.1, 0.15) is 11.3 Å². The lowest BCUT2D eigenvalue weighted by atomic mass is 9.88. The molecule has 5 rings (SSSR count). The second-order valence-electron chi connectivity index (χ2n) is 7.29. The van der Waals surface area contributed by atoms with Crippen LogP contribution in [-0.4, -0.2) is 26.9 Å². The van der Waals surface area contributed by atoms with Gasteiger partial charge >= 0.3 is 0 Å². The molecular formula is C20H17BrClN5O. The highest BCUT2D eigenvalue weighted by Crippen LogP contribution is 2.46. The summed E-state index contributed by atoms with van der Waals surface area (Å²) in [6, 6.07) is 7.47. The van der Waals surface area contributed by atoms with Gasteiger partial charge in [0, 0.05) is 17.8 Å². The number of aromatic nitrogens is 3. The number of halogens is 2. The lowest BCUT2D eigenvalue weighted by Gasteiger charge is -2.28. The van der Waals surface area contributed by atoms with Gasteiger partial charge in [0.05, 0.1) is 21.1 Å². The second-order valence-corrected chi connectivity index (χ2v) is 8.55. The smallest absolute Gasteiger partial charge is 0.223 e. The Kier molecular flexibility index (Phi) is 4.17. The summed E-state index contributed by atoms with van der Waals surface area (Å²) in [7, 11) is 0. The predicted octanol–water partition coefficient (Wildman–Crippen LogP) is 4.13. The number of anilines is 1. The first kappa shape index (κ1) is 17.7. The summed E-state index contributed by atoms with van der Waals surface area (Å²) in [6.07, 6.45) is 6.95. The molecule has 2 aliphatic carbocycles. The van der Waals surface area contributed by atoms with E-state index >= 15 is 0 Å². The van der Waals surface area contributed by atoms with E-state index in [9.17, 15) is 4.79 Å². The van der Waals surface area contributed by atoms with E-state index in [4.69, 9.17) is 17.3 Å². The number of carbonyl (C=O) groups is 1. The molecule has 2 bridgehead atoms. The molecule has 0 saturated heterocycles. The van der Waals surface area contributed by atoms with Crippen LogP contribution in [-0.2, 0) is 4.79 Å². The topological polar surface area (TPSA) is 96.7 Å². The largest absolute Gasteiger partial charge is 0.378 e. The van der Waals surface area contributed by atoms with E-state index in [2.05, 4.69) is 48.4 Å². The monoisotopic (exact) mass is 457 g/mol. The van der Waals surface area contributed by atoms with E-state index < -0.39 is 0 Å². The van der Waals surface area contributed by atoms with Crippen LogP contribution >= 0.6 is 27.5 Å². The first-order chi connectivity index (χ1) is 13.5. The summed E-state index contributed by atoms with van der Waals surface area (Å²) in [5.41, 5.74) is 8.68. The van der Waals surface area contributed by atoms with E-state index in [1.54, 1.807) is 6.20 Å². The minimum Gasteiger partial charge on any atom is -0.378 e. The Morgan fingerprint density at radius 3 is 2.86 bits per heavy atom. The van der Waals surface area contributed by atoms with Crippen molar-refractivity contribution in [2.45, 2.75) is 12.5 Å². The van der Waals surface area contributed by atoms with Crippen LogP contribution in [0.3, 0.4) is 0 Å². The molecule has 1 fully saturated rings. The SMILES string of the molecule is NC(=O)C1[C@@H]2C=C[C@@H](C2)[C@H]1Nc1c(Br)cnc2nc(-c3ccccc3Cl)[nH]c12. The van der Waals surface area contributed by atoms with E-state index in [1.165, 1.54) is 0 Å². The summed E-state index contributed by atoms with van der Waals surface area (Å²) in [4.78, 5) is 24.4. The highest BCUT2D eigenvalue weighted by atomic mass is 79.9. The number of benzene rings is 1. The van der Waals surface area contributed by atoms with Crippen LogP contribution in [0.5, 0.6) is 0 Å². The Morgan fingerprint density at radius 2 is 2.07 bits per heavy atom. The number of fused-ring (bicyclic) bond motifs is 3.